The van der Waals surface area contributed by atoms with Crippen molar-refractivity contribution < 1.29 is 13.2 Å². The van der Waals surface area contributed by atoms with Gasteiger partial charge in [-0.25, -0.2) is 18.2 Å². The molecule has 1 aromatic rings. The van der Waals surface area contributed by atoms with E-state index < -0.39 is 16.1 Å². The molecule has 1 fully saturated rings. The zero-order chi connectivity index (χ0) is 16.9. The first-order valence-electron chi connectivity index (χ1n) is 7.66. The van der Waals surface area contributed by atoms with Crippen LogP contribution in [-0.2, 0) is 10.0 Å². The van der Waals surface area contributed by atoms with Crippen LogP contribution in [0.3, 0.4) is 0 Å². The van der Waals surface area contributed by atoms with Crippen LogP contribution >= 0.6 is 0 Å². The molecule has 1 aliphatic rings. The molecule has 126 valence electrons. The fourth-order valence-corrected chi connectivity index (χ4v) is 3.70. The van der Waals surface area contributed by atoms with Gasteiger partial charge in [-0.05, 0) is 26.2 Å². The van der Waals surface area contributed by atoms with Crippen molar-refractivity contribution in [2.75, 3.05) is 19.6 Å². The third-order valence-electron chi connectivity index (χ3n) is 3.48. The molecule has 23 heavy (non-hydrogen) atoms. The Kier molecular flexibility index (Phi) is 5.74. The minimum absolute atomic E-state index is 0.339. The Labute approximate surface area is 136 Å². The number of piperidine rings is 1. The Morgan fingerprint density at radius 3 is 2.65 bits per heavy atom. The quantitative estimate of drug-likeness (QED) is 0.606. The Morgan fingerprint density at radius 1 is 1.35 bits per heavy atom. The lowest BCUT2D eigenvalue weighted by Gasteiger charge is -2.24. The zero-order valence-corrected chi connectivity index (χ0v) is 14.2. The molecule has 8 nitrogen and oxygen atoms in total. The number of sulfonamides is 1. The van der Waals surface area contributed by atoms with Crippen molar-refractivity contribution in [2.24, 2.45) is 0 Å². The molecular weight excluding hydrogens is 318 g/mol. The van der Waals surface area contributed by atoms with E-state index in [0.29, 0.717) is 19.6 Å². The second kappa shape index (κ2) is 7.57. The molecule has 0 saturated carbocycles. The minimum Gasteiger partial charge on any atom is -0.251 e. The van der Waals surface area contributed by atoms with Crippen LogP contribution in [-0.4, -0.2) is 58.1 Å². The smallest absolute Gasteiger partial charge is 0.251 e. The summed E-state index contributed by atoms with van der Waals surface area (Å²) >= 11 is 0. The van der Waals surface area contributed by atoms with Gasteiger partial charge in [-0.2, -0.15) is 8.99 Å². The second-order valence-corrected chi connectivity index (χ2v) is 7.06. The zero-order valence-electron chi connectivity index (χ0n) is 13.4. The third-order valence-corrected chi connectivity index (χ3v) is 5.17. The molecule has 9 heteroatoms. The van der Waals surface area contributed by atoms with Crippen molar-refractivity contribution in [3.63, 3.8) is 0 Å². The molecular formula is C14H21N5O3S. The lowest BCUT2D eigenvalue weighted by Crippen LogP contribution is -2.36. The van der Waals surface area contributed by atoms with Crippen molar-refractivity contribution in [1.29, 1.82) is 0 Å². The standard InChI is InChI=1S/C14H21N5O3S/c1-3-8-17(9-4-2)14(20)19-12-15-13(16-19)23(21,22)18-10-6-5-7-11-18/h12H,3,5-8,10-11H2,1-2H3. The van der Waals surface area contributed by atoms with Crippen LogP contribution in [0.4, 0.5) is 4.79 Å². The maximum absolute atomic E-state index is 12.5. The van der Waals surface area contributed by atoms with Gasteiger partial charge in [0.2, 0.25) is 0 Å². The van der Waals surface area contributed by atoms with Crippen LogP contribution in [0, 0.1) is 12.0 Å². The van der Waals surface area contributed by atoms with Gasteiger partial charge in [0.25, 0.3) is 15.2 Å². The van der Waals surface area contributed by atoms with E-state index in [-0.39, 0.29) is 5.16 Å². The molecule has 0 bridgehead atoms. The van der Waals surface area contributed by atoms with Crippen LogP contribution in [0.25, 0.3) is 0 Å². The Hall–Kier alpha value is -1.92. The summed E-state index contributed by atoms with van der Waals surface area (Å²) in [5, 5.41) is 3.52. The lowest BCUT2D eigenvalue weighted by molar-refractivity contribution is 0.216. The number of aromatic nitrogens is 3. The van der Waals surface area contributed by atoms with Gasteiger partial charge in [0.1, 0.15) is 6.33 Å². The second-order valence-electron chi connectivity index (χ2n) is 5.23. The highest BCUT2D eigenvalue weighted by Crippen LogP contribution is 2.17. The summed E-state index contributed by atoms with van der Waals surface area (Å²) in [6.45, 7) is 4.92. The van der Waals surface area contributed by atoms with E-state index in [0.717, 1.165) is 36.7 Å². The van der Waals surface area contributed by atoms with Gasteiger partial charge >= 0.3 is 6.03 Å². The van der Waals surface area contributed by atoms with Crippen LogP contribution in [0.1, 0.15) is 39.5 Å². The molecule has 1 aromatic heterocycles. The van der Waals surface area contributed by atoms with Gasteiger partial charge in [0.15, 0.2) is 0 Å². The van der Waals surface area contributed by atoms with E-state index >= 15 is 0 Å². The third kappa shape index (κ3) is 3.89. The number of rotatable bonds is 4. The maximum Gasteiger partial charge on any atom is 0.357 e. The van der Waals surface area contributed by atoms with Gasteiger partial charge in [-0.1, -0.05) is 19.3 Å². The van der Waals surface area contributed by atoms with Crippen LogP contribution in [0.15, 0.2) is 11.5 Å². The van der Waals surface area contributed by atoms with E-state index in [1.165, 1.54) is 9.21 Å². The highest BCUT2D eigenvalue weighted by molar-refractivity contribution is 7.88. The number of carbonyl (C=O) groups excluding carboxylic acids is 1. The summed E-state index contributed by atoms with van der Waals surface area (Å²) in [4.78, 5) is 17.4. The van der Waals surface area contributed by atoms with E-state index in [1.54, 1.807) is 6.92 Å². The number of hydrogen-bond donors (Lipinski definition) is 0. The van der Waals surface area contributed by atoms with E-state index in [9.17, 15) is 13.2 Å². The molecule has 0 aliphatic carbocycles. The summed E-state index contributed by atoms with van der Waals surface area (Å²) in [7, 11) is -3.74. The van der Waals surface area contributed by atoms with Gasteiger partial charge in [0.05, 0.1) is 0 Å². The molecule has 0 atom stereocenters. The Balaban J connectivity index is 2.21. The minimum atomic E-state index is -3.74. The topological polar surface area (TPSA) is 88.4 Å². The molecule has 1 amide bonds. The van der Waals surface area contributed by atoms with E-state index in [1.807, 2.05) is 6.92 Å². The molecule has 0 radical (unpaired) electrons. The predicted molar refractivity (Wildman–Crippen MR) is 83.9 cm³/mol. The highest BCUT2D eigenvalue weighted by atomic mass is 32.2. The first kappa shape index (κ1) is 17.4. The van der Waals surface area contributed by atoms with Crippen LogP contribution < -0.4 is 0 Å². The fraction of sp³-hybridized carbons (Fsp3) is 0.643. The monoisotopic (exact) mass is 339 g/mol. The van der Waals surface area contributed by atoms with Gasteiger partial charge in [-0.15, -0.1) is 5.10 Å². The van der Waals surface area contributed by atoms with E-state index in [2.05, 4.69) is 22.0 Å². The summed E-state index contributed by atoms with van der Waals surface area (Å²) in [6.07, 6.45) is 4.53. The molecule has 2 heterocycles. The average molecular weight is 339 g/mol. The number of nitrogens with zero attached hydrogens (tertiary/aromatic N) is 5. The fourth-order valence-electron chi connectivity index (χ4n) is 2.36. The Morgan fingerprint density at radius 2 is 2.04 bits per heavy atom. The number of carbonyl (C=O) groups is 1. The Bertz CT molecular complexity index is 710. The molecule has 2 rings (SSSR count). The number of hydrogen-bond acceptors (Lipinski definition) is 5. The molecule has 0 spiro atoms. The van der Waals surface area contributed by atoms with Crippen LogP contribution in [0.5, 0.6) is 0 Å². The first-order chi connectivity index (χ1) is 11.0. The van der Waals surface area contributed by atoms with Gasteiger partial charge in [0, 0.05) is 25.7 Å². The molecule has 1 aliphatic heterocycles. The summed E-state index contributed by atoms with van der Waals surface area (Å²) in [6, 6.07) is 2.17. The van der Waals surface area contributed by atoms with Crippen molar-refractivity contribution in [2.45, 2.75) is 44.7 Å². The number of amides is 1. The normalized spacial score (nSPS) is 15.7. The summed E-state index contributed by atoms with van der Waals surface area (Å²) in [5.74, 6) is 2.66. The van der Waals surface area contributed by atoms with Crippen molar-refractivity contribution in [3.8, 4) is 12.0 Å². The van der Waals surface area contributed by atoms with Crippen molar-refractivity contribution >= 4 is 16.1 Å². The summed E-state index contributed by atoms with van der Waals surface area (Å²) in [5.41, 5.74) is 0. The lowest BCUT2D eigenvalue weighted by atomic mass is 10.2. The molecule has 0 N–H and O–H groups in total. The average Bonchev–Trinajstić information content (AvgIpc) is 3.05. The summed E-state index contributed by atoms with van der Waals surface area (Å²) < 4.78 is 27.3. The first-order valence-corrected chi connectivity index (χ1v) is 9.10. The highest BCUT2D eigenvalue weighted by Gasteiger charge is 2.30. The van der Waals surface area contributed by atoms with Gasteiger partial charge in [-0.3, -0.25) is 4.90 Å². The van der Waals surface area contributed by atoms with Crippen molar-refractivity contribution in [1.82, 2.24) is 24.0 Å². The predicted octanol–water partition coefficient (Wildman–Crippen LogP) is 1.11. The van der Waals surface area contributed by atoms with E-state index in [4.69, 9.17) is 0 Å². The van der Waals surface area contributed by atoms with Crippen LogP contribution in [0.2, 0.25) is 0 Å². The SMILES string of the molecule is CC#CN(CCC)C(=O)n1cnc(S(=O)(=O)N2CCCCC2)n1. The molecule has 1 saturated heterocycles. The van der Waals surface area contributed by atoms with Gasteiger partial charge < -0.3 is 0 Å². The molecule has 0 aromatic carbocycles. The molecule has 0 unspecified atom stereocenters. The largest absolute Gasteiger partial charge is 0.357 e. The van der Waals surface area contributed by atoms with Crippen molar-refractivity contribution in [3.05, 3.63) is 6.33 Å². The maximum atomic E-state index is 12.5.